The van der Waals surface area contributed by atoms with E-state index in [0.717, 1.165) is 43.9 Å². The number of likely N-dealkylation sites (N-methyl/N-ethyl adjacent to an activating group) is 1. The van der Waals surface area contributed by atoms with E-state index in [4.69, 9.17) is 5.73 Å². The predicted octanol–water partition coefficient (Wildman–Crippen LogP) is 3.14. The molecule has 1 saturated heterocycles. The molecule has 0 atom stereocenters. The minimum absolute atomic E-state index is 0.0525. The van der Waals surface area contributed by atoms with Crippen molar-refractivity contribution in [3.05, 3.63) is 75.2 Å². The van der Waals surface area contributed by atoms with Crippen molar-refractivity contribution in [3.8, 4) is 11.3 Å². The number of carbonyl (C=O) groups is 1. The van der Waals surface area contributed by atoms with Crippen LogP contribution < -0.4 is 16.6 Å². The number of rotatable bonds is 7. The number of piperazine rings is 1. The summed E-state index contributed by atoms with van der Waals surface area (Å²) in [6.07, 6.45) is 1.47. The van der Waals surface area contributed by atoms with E-state index in [1.165, 1.54) is 10.8 Å². The number of aryl methyl sites for hydroxylation is 2. The molecule has 1 fully saturated rings. The fourth-order valence-corrected chi connectivity index (χ4v) is 5.01. The fourth-order valence-electron chi connectivity index (χ4n) is 5.01. The van der Waals surface area contributed by atoms with Crippen LogP contribution in [0.2, 0.25) is 0 Å². The van der Waals surface area contributed by atoms with Gasteiger partial charge < -0.3 is 16.0 Å². The van der Waals surface area contributed by atoms with Crippen LogP contribution in [0.1, 0.15) is 34.0 Å². The number of halogens is 1. The second-order valence-electron chi connectivity index (χ2n) is 10.1. The van der Waals surface area contributed by atoms with Gasteiger partial charge in [0.25, 0.3) is 11.5 Å². The molecule has 3 N–H and O–H groups in total. The van der Waals surface area contributed by atoms with Crippen LogP contribution in [0.5, 0.6) is 0 Å². The quantitative estimate of drug-likeness (QED) is 0.364. The van der Waals surface area contributed by atoms with Gasteiger partial charge in [0.1, 0.15) is 17.9 Å². The Hall–Kier alpha value is -4.22. The average molecular weight is 545 g/mol. The van der Waals surface area contributed by atoms with E-state index in [0.29, 0.717) is 40.1 Å². The standard InChI is InChI=1S/C29H33FN8O2/c1-4-37-9-11-38(12-10-37)17-20-7-6-19(13-21(20)15-30)27(39)33-22-8-5-18(2)23(14-22)25-28(40)36(3)26-24(34-25)16-32-29(31)35-26/h5-8,13-14,16H,4,9-12,15,17H2,1-3H3,(H,33,39)(H2,31,32,35). The second kappa shape index (κ2) is 11.5. The summed E-state index contributed by atoms with van der Waals surface area (Å²) in [6, 6.07) is 10.5. The Labute approximate surface area is 231 Å². The molecule has 0 saturated carbocycles. The van der Waals surface area contributed by atoms with Crippen LogP contribution in [0.4, 0.5) is 16.0 Å². The zero-order valence-corrected chi connectivity index (χ0v) is 22.9. The Morgan fingerprint density at radius 2 is 1.80 bits per heavy atom. The number of carbonyl (C=O) groups excluding carboxylic acids is 1. The molecule has 0 radical (unpaired) electrons. The first-order valence-corrected chi connectivity index (χ1v) is 13.3. The number of alkyl halides is 1. The van der Waals surface area contributed by atoms with E-state index in [9.17, 15) is 14.0 Å². The van der Waals surface area contributed by atoms with Gasteiger partial charge in [-0.3, -0.25) is 19.1 Å². The number of hydrogen-bond donors (Lipinski definition) is 2. The summed E-state index contributed by atoms with van der Waals surface area (Å²) in [4.78, 5) is 43.6. The lowest BCUT2D eigenvalue weighted by Crippen LogP contribution is -2.45. The van der Waals surface area contributed by atoms with Crippen LogP contribution in [0, 0.1) is 6.92 Å². The second-order valence-corrected chi connectivity index (χ2v) is 10.1. The summed E-state index contributed by atoms with van der Waals surface area (Å²) >= 11 is 0. The lowest BCUT2D eigenvalue weighted by Gasteiger charge is -2.34. The predicted molar refractivity (Wildman–Crippen MR) is 154 cm³/mol. The first-order valence-electron chi connectivity index (χ1n) is 13.3. The van der Waals surface area contributed by atoms with E-state index < -0.39 is 6.67 Å². The summed E-state index contributed by atoms with van der Waals surface area (Å²) < 4.78 is 15.4. The lowest BCUT2D eigenvalue weighted by atomic mass is 10.0. The van der Waals surface area contributed by atoms with Crippen molar-refractivity contribution < 1.29 is 9.18 Å². The number of hydrogen-bond acceptors (Lipinski definition) is 8. The Morgan fingerprint density at radius 1 is 1.05 bits per heavy atom. The van der Waals surface area contributed by atoms with Crippen LogP contribution in [-0.2, 0) is 20.3 Å². The van der Waals surface area contributed by atoms with Gasteiger partial charge in [0.05, 0.1) is 6.20 Å². The van der Waals surface area contributed by atoms with Crippen LogP contribution in [-0.4, -0.2) is 67.9 Å². The van der Waals surface area contributed by atoms with Gasteiger partial charge in [-0.1, -0.05) is 19.1 Å². The van der Waals surface area contributed by atoms with Gasteiger partial charge in [0.2, 0.25) is 5.95 Å². The number of benzene rings is 2. The van der Waals surface area contributed by atoms with Crippen molar-refractivity contribution in [1.29, 1.82) is 0 Å². The minimum atomic E-state index is -0.646. The average Bonchev–Trinajstić information content (AvgIpc) is 2.97. The molecule has 0 aliphatic carbocycles. The van der Waals surface area contributed by atoms with Crippen molar-refractivity contribution >= 4 is 28.7 Å². The third-order valence-electron chi connectivity index (χ3n) is 7.49. The topological polar surface area (TPSA) is 122 Å². The SMILES string of the molecule is CCN1CCN(Cc2ccc(C(=O)Nc3ccc(C)c(-c4nc5cnc(N)nc5n(C)c4=O)c3)cc2CF)CC1. The van der Waals surface area contributed by atoms with Gasteiger partial charge in [-0.05, 0) is 54.4 Å². The van der Waals surface area contributed by atoms with Gasteiger partial charge in [-0.2, -0.15) is 4.98 Å². The molecule has 10 nitrogen and oxygen atoms in total. The summed E-state index contributed by atoms with van der Waals surface area (Å²) in [5.74, 6) is -0.312. The molecule has 2 aromatic carbocycles. The number of nitrogens with two attached hydrogens (primary N) is 1. The number of aromatic nitrogens is 4. The third-order valence-corrected chi connectivity index (χ3v) is 7.49. The van der Waals surface area contributed by atoms with E-state index in [2.05, 4.69) is 37.0 Å². The van der Waals surface area contributed by atoms with Crippen LogP contribution in [0.15, 0.2) is 47.4 Å². The van der Waals surface area contributed by atoms with Crippen LogP contribution in [0.3, 0.4) is 0 Å². The van der Waals surface area contributed by atoms with Crippen molar-refractivity contribution in [2.24, 2.45) is 7.05 Å². The van der Waals surface area contributed by atoms with Crippen molar-refractivity contribution in [3.63, 3.8) is 0 Å². The number of anilines is 2. The van der Waals surface area contributed by atoms with E-state index in [-0.39, 0.29) is 23.1 Å². The third kappa shape index (κ3) is 5.56. The maximum absolute atomic E-state index is 14.0. The molecule has 2 aromatic heterocycles. The molecule has 1 aliphatic heterocycles. The number of amides is 1. The summed E-state index contributed by atoms with van der Waals surface area (Å²) in [5.41, 5.74) is 9.93. The fraction of sp³-hybridized carbons (Fsp3) is 0.345. The van der Waals surface area contributed by atoms with Gasteiger partial charge in [-0.25, -0.2) is 14.4 Å². The molecule has 208 valence electrons. The molecule has 0 bridgehead atoms. The zero-order chi connectivity index (χ0) is 28.4. The number of nitrogen functional groups attached to an aromatic ring is 1. The Morgan fingerprint density at radius 3 is 2.52 bits per heavy atom. The first kappa shape index (κ1) is 27.4. The monoisotopic (exact) mass is 544 g/mol. The molecule has 0 unspecified atom stereocenters. The van der Waals surface area contributed by atoms with Crippen LogP contribution in [0.25, 0.3) is 22.4 Å². The smallest absolute Gasteiger partial charge is 0.278 e. The van der Waals surface area contributed by atoms with Gasteiger partial charge >= 0.3 is 0 Å². The Kier molecular flexibility index (Phi) is 7.85. The van der Waals surface area contributed by atoms with Crippen molar-refractivity contribution in [1.82, 2.24) is 29.3 Å². The van der Waals surface area contributed by atoms with Crippen molar-refractivity contribution in [2.45, 2.75) is 27.1 Å². The number of nitrogens with one attached hydrogen (secondary N) is 1. The maximum atomic E-state index is 14.0. The molecule has 0 spiro atoms. The highest BCUT2D eigenvalue weighted by molar-refractivity contribution is 6.04. The molecule has 40 heavy (non-hydrogen) atoms. The summed E-state index contributed by atoms with van der Waals surface area (Å²) in [5, 5.41) is 2.88. The summed E-state index contributed by atoms with van der Waals surface area (Å²) in [7, 11) is 1.60. The van der Waals surface area contributed by atoms with E-state index >= 15 is 0 Å². The summed E-state index contributed by atoms with van der Waals surface area (Å²) in [6.45, 7) is 8.95. The highest BCUT2D eigenvalue weighted by Crippen LogP contribution is 2.25. The molecule has 3 heterocycles. The molecule has 11 heteroatoms. The number of nitrogens with zero attached hydrogens (tertiary/aromatic N) is 6. The molecule has 5 rings (SSSR count). The largest absolute Gasteiger partial charge is 0.368 e. The molecule has 4 aromatic rings. The highest BCUT2D eigenvalue weighted by Gasteiger charge is 2.19. The Bertz CT molecular complexity index is 1630. The highest BCUT2D eigenvalue weighted by atomic mass is 19.1. The zero-order valence-electron chi connectivity index (χ0n) is 22.9. The van der Waals surface area contributed by atoms with Crippen molar-refractivity contribution in [2.75, 3.05) is 43.8 Å². The molecular formula is C29H33FN8O2. The normalized spacial score (nSPS) is 14.5. The lowest BCUT2D eigenvalue weighted by molar-refractivity contribution is 0.102. The van der Waals surface area contributed by atoms with Gasteiger partial charge in [-0.15, -0.1) is 0 Å². The maximum Gasteiger partial charge on any atom is 0.278 e. The van der Waals surface area contributed by atoms with Gasteiger partial charge in [0.15, 0.2) is 5.65 Å². The first-order chi connectivity index (χ1) is 19.3. The Balaban J connectivity index is 1.37. The molecule has 1 amide bonds. The minimum Gasteiger partial charge on any atom is -0.368 e. The van der Waals surface area contributed by atoms with Gasteiger partial charge in [0, 0.05) is 56.6 Å². The number of fused-ring (bicyclic) bond motifs is 1. The molecular weight excluding hydrogens is 511 g/mol. The molecule has 1 aliphatic rings. The van der Waals surface area contributed by atoms with E-state index in [1.807, 2.05) is 19.1 Å². The van der Waals surface area contributed by atoms with E-state index in [1.54, 1.807) is 31.3 Å². The van der Waals surface area contributed by atoms with Crippen LogP contribution >= 0.6 is 0 Å².